The molecule has 0 saturated heterocycles. The van der Waals surface area contributed by atoms with Gasteiger partial charge in [0.25, 0.3) is 0 Å². The Bertz CT molecular complexity index is 357. The Balaban J connectivity index is 2.81. The lowest BCUT2D eigenvalue weighted by Crippen LogP contribution is -2.41. The van der Waals surface area contributed by atoms with E-state index >= 15 is 0 Å². The zero-order chi connectivity index (χ0) is 12.8. The maximum Gasteiger partial charge on any atom is 0.126 e. The van der Waals surface area contributed by atoms with Crippen LogP contribution in [-0.4, -0.2) is 25.8 Å². The van der Waals surface area contributed by atoms with Crippen molar-refractivity contribution in [2.24, 2.45) is 0 Å². The molecule has 4 heteroatoms. The molecule has 2 atom stereocenters. The van der Waals surface area contributed by atoms with Crippen LogP contribution >= 0.6 is 0 Å². The standard InChI is InChI=1S/C13H19F2NO/c1-4-16-13(9(2)17-3)8-10-7-11(14)5-6-12(10)15/h5-7,9,13,16H,4,8H2,1-3H3. The summed E-state index contributed by atoms with van der Waals surface area (Å²) in [7, 11) is 1.61. The number of halogens is 2. The molecule has 1 rings (SSSR count). The average molecular weight is 243 g/mol. The van der Waals surface area contributed by atoms with E-state index in [1.165, 1.54) is 6.07 Å². The molecule has 0 saturated carbocycles. The number of hydrogen-bond acceptors (Lipinski definition) is 2. The molecule has 0 radical (unpaired) electrons. The molecule has 0 spiro atoms. The fourth-order valence-corrected chi connectivity index (χ4v) is 1.77. The monoisotopic (exact) mass is 243 g/mol. The molecule has 1 aromatic rings. The predicted octanol–water partition coefficient (Wildman–Crippen LogP) is 2.52. The van der Waals surface area contributed by atoms with Crippen LogP contribution in [0, 0.1) is 11.6 Å². The van der Waals surface area contributed by atoms with E-state index < -0.39 is 5.82 Å². The predicted molar refractivity (Wildman–Crippen MR) is 64.0 cm³/mol. The van der Waals surface area contributed by atoms with E-state index in [0.29, 0.717) is 12.0 Å². The molecule has 0 heterocycles. The highest BCUT2D eigenvalue weighted by molar-refractivity contribution is 5.20. The molecule has 0 aromatic heterocycles. The van der Waals surface area contributed by atoms with Crippen molar-refractivity contribution >= 4 is 0 Å². The highest BCUT2D eigenvalue weighted by Crippen LogP contribution is 2.14. The summed E-state index contributed by atoms with van der Waals surface area (Å²) in [5.74, 6) is -0.792. The number of nitrogens with one attached hydrogen (secondary N) is 1. The molecule has 0 fully saturated rings. The first kappa shape index (κ1) is 14.1. The van der Waals surface area contributed by atoms with E-state index in [9.17, 15) is 8.78 Å². The van der Waals surface area contributed by atoms with Gasteiger partial charge in [0.2, 0.25) is 0 Å². The third-order valence-corrected chi connectivity index (χ3v) is 2.85. The van der Waals surface area contributed by atoms with Gasteiger partial charge in [-0.25, -0.2) is 8.78 Å². The van der Waals surface area contributed by atoms with Crippen molar-refractivity contribution in [3.05, 3.63) is 35.4 Å². The first-order valence-corrected chi connectivity index (χ1v) is 5.78. The van der Waals surface area contributed by atoms with Crippen LogP contribution < -0.4 is 5.32 Å². The molecule has 96 valence electrons. The lowest BCUT2D eigenvalue weighted by molar-refractivity contribution is 0.0833. The number of hydrogen-bond donors (Lipinski definition) is 1. The first-order chi connectivity index (χ1) is 8.08. The molecule has 0 bridgehead atoms. The Morgan fingerprint density at radius 1 is 1.35 bits per heavy atom. The minimum absolute atomic E-state index is 0.0266. The fraction of sp³-hybridized carbons (Fsp3) is 0.538. The number of benzene rings is 1. The smallest absolute Gasteiger partial charge is 0.126 e. The Hall–Kier alpha value is -1.00. The van der Waals surface area contributed by atoms with Gasteiger partial charge in [-0.05, 0) is 43.7 Å². The summed E-state index contributed by atoms with van der Waals surface area (Å²) in [4.78, 5) is 0. The topological polar surface area (TPSA) is 21.3 Å². The van der Waals surface area contributed by atoms with Crippen molar-refractivity contribution < 1.29 is 13.5 Å². The van der Waals surface area contributed by atoms with E-state index in [0.717, 1.165) is 18.7 Å². The van der Waals surface area contributed by atoms with Crippen molar-refractivity contribution in [1.29, 1.82) is 0 Å². The van der Waals surface area contributed by atoms with E-state index in [1.54, 1.807) is 7.11 Å². The molecule has 17 heavy (non-hydrogen) atoms. The number of methoxy groups -OCH3 is 1. The molecule has 0 aliphatic rings. The highest BCUT2D eigenvalue weighted by atomic mass is 19.1. The summed E-state index contributed by atoms with van der Waals surface area (Å²) in [5, 5.41) is 3.21. The fourth-order valence-electron chi connectivity index (χ4n) is 1.77. The van der Waals surface area contributed by atoms with Crippen LogP contribution in [0.15, 0.2) is 18.2 Å². The van der Waals surface area contributed by atoms with Crippen molar-refractivity contribution in [2.75, 3.05) is 13.7 Å². The van der Waals surface area contributed by atoms with Crippen LogP contribution in [0.1, 0.15) is 19.4 Å². The van der Waals surface area contributed by atoms with E-state index in [1.807, 2.05) is 13.8 Å². The molecule has 0 amide bonds. The maximum absolute atomic E-state index is 13.5. The second-order valence-corrected chi connectivity index (χ2v) is 4.04. The number of ether oxygens (including phenoxy) is 1. The van der Waals surface area contributed by atoms with Crippen molar-refractivity contribution in [1.82, 2.24) is 5.32 Å². The van der Waals surface area contributed by atoms with Gasteiger partial charge in [-0.15, -0.1) is 0 Å². The Morgan fingerprint density at radius 3 is 2.65 bits per heavy atom. The summed E-state index contributed by atoms with van der Waals surface area (Å²) in [6.45, 7) is 4.64. The quantitative estimate of drug-likeness (QED) is 0.829. The van der Waals surface area contributed by atoms with Gasteiger partial charge in [-0.1, -0.05) is 6.92 Å². The first-order valence-electron chi connectivity index (χ1n) is 5.78. The van der Waals surface area contributed by atoms with Gasteiger partial charge < -0.3 is 10.1 Å². The van der Waals surface area contributed by atoms with E-state index in [-0.39, 0.29) is 18.0 Å². The Morgan fingerprint density at radius 2 is 2.06 bits per heavy atom. The summed E-state index contributed by atoms with van der Waals surface area (Å²) in [6.07, 6.45) is 0.351. The molecule has 0 aliphatic carbocycles. The zero-order valence-corrected chi connectivity index (χ0v) is 10.5. The van der Waals surface area contributed by atoms with Crippen LogP contribution in [0.3, 0.4) is 0 Å². The molecular formula is C13H19F2NO. The molecule has 2 unspecified atom stereocenters. The minimum atomic E-state index is -0.415. The van der Waals surface area contributed by atoms with Crippen LogP contribution in [0.25, 0.3) is 0 Å². The van der Waals surface area contributed by atoms with Crippen LogP contribution in [0.2, 0.25) is 0 Å². The lowest BCUT2D eigenvalue weighted by atomic mass is 10.0. The van der Waals surface area contributed by atoms with Crippen LogP contribution in [0.4, 0.5) is 8.78 Å². The third-order valence-electron chi connectivity index (χ3n) is 2.85. The minimum Gasteiger partial charge on any atom is -0.380 e. The van der Waals surface area contributed by atoms with Gasteiger partial charge in [-0.3, -0.25) is 0 Å². The van der Waals surface area contributed by atoms with Gasteiger partial charge in [0, 0.05) is 13.2 Å². The molecule has 1 N–H and O–H groups in total. The van der Waals surface area contributed by atoms with Gasteiger partial charge in [-0.2, -0.15) is 0 Å². The molecule has 1 aromatic carbocycles. The second-order valence-electron chi connectivity index (χ2n) is 4.04. The van der Waals surface area contributed by atoms with Crippen LogP contribution in [0.5, 0.6) is 0 Å². The van der Waals surface area contributed by atoms with Gasteiger partial charge in [0.05, 0.1) is 6.10 Å². The van der Waals surface area contributed by atoms with Crippen molar-refractivity contribution in [2.45, 2.75) is 32.4 Å². The van der Waals surface area contributed by atoms with Crippen LogP contribution in [-0.2, 0) is 11.2 Å². The number of likely N-dealkylation sites (N-methyl/N-ethyl adjacent to an activating group) is 1. The second kappa shape index (κ2) is 6.67. The van der Waals surface area contributed by atoms with Crippen molar-refractivity contribution in [3.63, 3.8) is 0 Å². The van der Waals surface area contributed by atoms with E-state index in [2.05, 4.69) is 5.32 Å². The van der Waals surface area contributed by atoms with Gasteiger partial charge >= 0.3 is 0 Å². The highest BCUT2D eigenvalue weighted by Gasteiger charge is 2.18. The third kappa shape index (κ3) is 4.06. The largest absolute Gasteiger partial charge is 0.380 e. The Kier molecular flexibility index (Phi) is 5.51. The van der Waals surface area contributed by atoms with Gasteiger partial charge in [0.1, 0.15) is 11.6 Å². The molecular weight excluding hydrogens is 224 g/mol. The summed E-state index contributed by atoms with van der Waals surface area (Å²) < 4.78 is 31.8. The summed E-state index contributed by atoms with van der Waals surface area (Å²) >= 11 is 0. The van der Waals surface area contributed by atoms with E-state index in [4.69, 9.17) is 4.74 Å². The average Bonchev–Trinajstić information content (AvgIpc) is 2.32. The summed E-state index contributed by atoms with van der Waals surface area (Å²) in [6, 6.07) is 3.50. The zero-order valence-electron chi connectivity index (χ0n) is 10.5. The Labute approximate surface area is 101 Å². The summed E-state index contributed by atoms with van der Waals surface area (Å²) in [5.41, 5.74) is 0.375. The van der Waals surface area contributed by atoms with Gasteiger partial charge in [0.15, 0.2) is 0 Å². The maximum atomic E-state index is 13.5. The normalized spacial score (nSPS) is 14.6. The number of rotatable bonds is 6. The molecule has 0 aliphatic heterocycles. The SMILES string of the molecule is CCNC(Cc1cc(F)ccc1F)C(C)OC. The lowest BCUT2D eigenvalue weighted by Gasteiger charge is -2.24. The van der Waals surface area contributed by atoms with Crippen molar-refractivity contribution in [3.8, 4) is 0 Å². The molecule has 2 nitrogen and oxygen atoms in total.